The Morgan fingerprint density at radius 2 is 2.12 bits per heavy atom. The van der Waals surface area contributed by atoms with Crippen LogP contribution in [-0.4, -0.2) is 35.3 Å². The van der Waals surface area contributed by atoms with Gasteiger partial charge >= 0.3 is 0 Å². The molecule has 2 atom stereocenters. The summed E-state index contributed by atoms with van der Waals surface area (Å²) in [5.41, 5.74) is 0. The molecule has 88 valence electrons. The van der Waals surface area contributed by atoms with Crippen molar-refractivity contribution in [2.75, 3.05) is 6.54 Å². The lowest BCUT2D eigenvalue weighted by Crippen LogP contribution is -2.62. The molecule has 0 aliphatic carbocycles. The zero-order chi connectivity index (χ0) is 12.1. The lowest BCUT2D eigenvalue weighted by atomic mass is 10.0. The summed E-state index contributed by atoms with van der Waals surface area (Å²) in [5.74, 6) is 5.48. The summed E-state index contributed by atoms with van der Waals surface area (Å²) in [5, 5.41) is 2.74. The summed E-state index contributed by atoms with van der Waals surface area (Å²) in [6.07, 6.45) is 1.56. The molecule has 4 heteroatoms. The van der Waals surface area contributed by atoms with Gasteiger partial charge in [0.05, 0.1) is 6.54 Å². The highest BCUT2D eigenvalue weighted by atomic mass is 16.2. The van der Waals surface area contributed by atoms with E-state index in [4.69, 9.17) is 0 Å². The maximum atomic E-state index is 12.0. The van der Waals surface area contributed by atoms with Crippen LogP contribution in [0.15, 0.2) is 0 Å². The van der Waals surface area contributed by atoms with E-state index in [1.54, 1.807) is 18.7 Å². The summed E-state index contributed by atoms with van der Waals surface area (Å²) in [4.78, 5) is 25.2. The third-order valence-corrected chi connectivity index (χ3v) is 2.75. The Hall–Kier alpha value is -1.50. The van der Waals surface area contributed by atoms with Crippen LogP contribution in [-0.2, 0) is 9.59 Å². The molecule has 1 heterocycles. The van der Waals surface area contributed by atoms with Crippen LogP contribution in [0.4, 0.5) is 0 Å². The highest BCUT2D eigenvalue weighted by Crippen LogP contribution is 2.12. The molecule has 0 spiro atoms. The Morgan fingerprint density at radius 1 is 1.44 bits per heavy atom. The van der Waals surface area contributed by atoms with E-state index in [1.807, 2.05) is 6.92 Å². The molecule has 0 radical (unpaired) electrons. The molecule has 1 fully saturated rings. The molecule has 0 aromatic rings. The quantitative estimate of drug-likeness (QED) is 0.708. The minimum Gasteiger partial charge on any atom is -0.343 e. The number of hydrogen-bond donors (Lipinski definition) is 1. The summed E-state index contributed by atoms with van der Waals surface area (Å²) >= 11 is 0. The third kappa shape index (κ3) is 2.54. The highest BCUT2D eigenvalue weighted by molar-refractivity contribution is 5.96. The third-order valence-electron chi connectivity index (χ3n) is 2.75. The Balaban J connectivity index is 2.80. The maximum absolute atomic E-state index is 12.0. The molecular weight excluding hydrogens is 204 g/mol. The van der Waals surface area contributed by atoms with Crippen molar-refractivity contribution >= 4 is 11.8 Å². The molecule has 0 aromatic carbocycles. The van der Waals surface area contributed by atoms with Gasteiger partial charge in [-0.3, -0.25) is 9.59 Å². The molecule has 1 saturated heterocycles. The molecule has 1 aliphatic rings. The fourth-order valence-corrected chi connectivity index (χ4v) is 1.75. The molecule has 4 nitrogen and oxygen atoms in total. The maximum Gasteiger partial charge on any atom is 0.246 e. The van der Waals surface area contributed by atoms with E-state index in [2.05, 4.69) is 17.2 Å². The molecule has 1 rings (SSSR count). The van der Waals surface area contributed by atoms with Crippen molar-refractivity contribution < 1.29 is 9.59 Å². The molecule has 0 saturated carbocycles. The summed E-state index contributed by atoms with van der Waals surface area (Å²) in [6.45, 7) is 5.78. The molecule has 1 aliphatic heterocycles. The number of carbonyl (C=O) groups is 2. The number of carbonyl (C=O) groups excluding carboxylic acids is 2. The first kappa shape index (κ1) is 12.6. The number of piperazine rings is 1. The minimum absolute atomic E-state index is 0.0169. The van der Waals surface area contributed by atoms with E-state index in [0.29, 0.717) is 13.0 Å². The van der Waals surface area contributed by atoms with Gasteiger partial charge in [-0.2, -0.15) is 0 Å². The monoisotopic (exact) mass is 222 g/mol. The van der Waals surface area contributed by atoms with Gasteiger partial charge in [0.2, 0.25) is 11.8 Å². The lowest BCUT2D eigenvalue weighted by Gasteiger charge is -2.36. The first-order chi connectivity index (χ1) is 7.61. The van der Waals surface area contributed by atoms with Crippen molar-refractivity contribution in [3.63, 3.8) is 0 Å². The Bertz CT molecular complexity index is 341. The van der Waals surface area contributed by atoms with Crippen molar-refractivity contribution in [3.8, 4) is 11.8 Å². The molecular formula is C12H18N2O2. The van der Waals surface area contributed by atoms with E-state index in [0.717, 1.165) is 6.42 Å². The first-order valence-electron chi connectivity index (χ1n) is 5.62. The number of nitrogens with zero attached hydrogens (tertiary/aromatic N) is 1. The van der Waals surface area contributed by atoms with Crippen molar-refractivity contribution in [1.29, 1.82) is 0 Å². The van der Waals surface area contributed by atoms with Crippen molar-refractivity contribution in [1.82, 2.24) is 10.2 Å². The molecule has 0 bridgehead atoms. The van der Waals surface area contributed by atoms with Crippen LogP contribution in [0.25, 0.3) is 0 Å². The topological polar surface area (TPSA) is 49.4 Å². The predicted molar refractivity (Wildman–Crippen MR) is 61.5 cm³/mol. The molecule has 0 aromatic heterocycles. The normalized spacial score (nSPS) is 24.8. The van der Waals surface area contributed by atoms with E-state index in [1.165, 1.54) is 0 Å². The Labute approximate surface area is 96.4 Å². The van der Waals surface area contributed by atoms with Gasteiger partial charge in [0.1, 0.15) is 12.1 Å². The standard InChI is InChI=1S/C12H18N2O2/c1-4-6-8-14-9(3)11(15)13-10(7-5-2)12(14)16/h9-10H,5,7-8H2,1-3H3,(H,13,15). The predicted octanol–water partition coefficient (Wildman–Crippen LogP) is 0.525. The van der Waals surface area contributed by atoms with Crippen molar-refractivity contribution in [2.45, 2.75) is 45.7 Å². The second kappa shape index (κ2) is 5.55. The Morgan fingerprint density at radius 3 is 2.69 bits per heavy atom. The fourth-order valence-electron chi connectivity index (χ4n) is 1.75. The smallest absolute Gasteiger partial charge is 0.246 e. The fraction of sp³-hybridized carbons (Fsp3) is 0.667. The largest absolute Gasteiger partial charge is 0.343 e. The van der Waals surface area contributed by atoms with Crippen LogP contribution in [0.5, 0.6) is 0 Å². The van der Waals surface area contributed by atoms with Gasteiger partial charge in [0, 0.05) is 0 Å². The van der Waals surface area contributed by atoms with Crippen LogP contribution >= 0.6 is 0 Å². The summed E-state index contributed by atoms with van der Waals surface area (Å²) < 4.78 is 0. The number of amides is 2. The zero-order valence-corrected chi connectivity index (χ0v) is 10.0. The number of nitrogens with one attached hydrogen (secondary N) is 1. The zero-order valence-electron chi connectivity index (χ0n) is 10.0. The average molecular weight is 222 g/mol. The lowest BCUT2D eigenvalue weighted by molar-refractivity contribution is -0.148. The van der Waals surface area contributed by atoms with Gasteiger partial charge < -0.3 is 10.2 Å². The number of hydrogen-bond acceptors (Lipinski definition) is 2. The SMILES string of the molecule is CC#CCN1C(=O)C(CCC)NC(=O)C1C. The van der Waals surface area contributed by atoms with Crippen LogP contribution in [0, 0.1) is 11.8 Å². The van der Waals surface area contributed by atoms with Gasteiger partial charge in [-0.05, 0) is 20.3 Å². The van der Waals surface area contributed by atoms with E-state index < -0.39 is 6.04 Å². The first-order valence-corrected chi connectivity index (χ1v) is 5.62. The summed E-state index contributed by atoms with van der Waals surface area (Å²) in [7, 11) is 0. The van der Waals surface area contributed by atoms with Gasteiger partial charge in [0.15, 0.2) is 0 Å². The molecule has 1 N–H and O–H groups in total. The summed E-state index contributed by atoms with van der Waals surface area (Å²) in [6, 6.07) is -0.784. The second-order valence-corrected chi connectivity index (χ2v) is 3.92. The van der Waals surface area contributed by atoms with Gasteiger partial charge in [-0.25, -0.2) is 0 Å². The van der Waals surface area contributed by atoms with Crippen LogP contribution in [0.1, 0.15) is 33.6 Å². The van der Waals surface area contributed by atoms with E-state index >= 15 is 0 Å². The molecule has 2 amide bonds. The van der Waals surface area contributed by atoms with E-state index in [9.17, 15) is 9.59 Å². The number of rotatable bonds is 3. The molecule has 16 heavy (non-hydrogen) atoms. The van der Waals surface area contributed by atoms with Crippen molar-refractivity contribution in [2.24, 2.45) is 0 Å². The minimum atomic E-state index is -0.415. The van der Waals surface area contributed by atoms with Gasteiger partial charge in [-0.1, -0.05) is 19.3 Å². The van der Waals surface area contributed by atoms with Crippen molar-refractivity contribution in [3.05, 3.63) is 0 Å². The van der Waals surface area contributed by atoms with Crippen LogP contribution in [0.2, 0.25) is 0 Å². The molecule has 2 unspecified atom stereocenters. The van der Waals surface area contributed by atoms with E-state index in [-0.39, 0.29) is 17.9 Å². The van der Waals surface area contributed by atoms with Crippen LogP contribution < -0.4 is 5.32 Å². The second-order valence-electron chi connectivity index (χ2n) is 3.92. The van der Waals surface area contributed by atoms with Crippen LogP contribution in [0.3, 0.4) is 0 Å². The van der Waals surface area contributed by atoms with Gasteiger partial charge in [0.25, 0.3) is 0 Å². The van der Waals surface area contributed by atoms with Gasteiger partial charge in [-0.15, -0.1) is 5.92 Å². The Kier molecular flexibility index (Phi) is 4.36. The highest BCUT2D eigenvalue weighted by Gasteiger charge is 2.36. The average Bonchev–Trinajstić information content (AvgIpc) is 2.26.